The topological polar surface area (TPSA) is 67.6 Å². The molecular formula is C15H14N4O. The number of rotatable bonds is 3. The summed E-state index contributed by atoms with van der Waals surface area (Å²) in [6.07, 6.45) is 1.94. The van der Waals surface area contributed by atoms with Gasteiger partial charge in [0.1, 0.15) is 6.54 Å². The van der Waals surface area contributed by atoms with Crippen LogP contribution in [0.5, 0.6) is 0 Å². The van der Waals surface area contributed by atoms with Crippen molar-refractivity contribution in [2.45, 2.75) is 26.3 Å². The number of fused-ring (bicyclic) bond motifs is 1. The summed E-state index contributed by atoms with van der Waals surface area (Å²) in [5.74, 6) is 1.54. The largest absolute Gasteiger partial charge is 0.338 e. The van der Waals surface area contributed by atoms with Crippen molar-refractivity contribution in [3.8, 4) is 6.07 Å². The zero-order valence-corrected chi connectivity index (χ0v) is 11.4. The Morgan fingerprint density at radius 1 is 1.35 bits per heavy atom. The second-order valence-electron chi connectivity index (χ2n) is 4.99. The van der Waals surface area contributed by atoms with Gasteiger partial charge < -0.3 is 9.09 Å². The van der Waals surface area contributed by atoms with Crippen molar-refractivity contribution in [1.29, 1.82) is 5.26 Å². The number of benzene rings is 1. The molecular weight excluding hydrogens is 252 g/mol. The molecule has 3 rings (SSSR count). The third-order valence-corrected chi connectivity index (χ3v) is 3.24. The number of hydrogen-bond acceptors (Lipinski definition) is 4. The van der Waals surface area contributed by atoms with Crippen molar-refractivity contribution in [3.05, 3.63) is 47.7 Å². The summed E-state index contributed by atoms with van der Waals surface area (Å²) >= 11 is 0. The Balaban J connectivity index is 1.97. The van der Waals surface area contributed by atoms with E-state index >= 15 is 0 Å². The van der Waals surface area contributed by atoms with E-state index in [1.807, 2.05) is 48.9 Å². The van der Waals surface area contributed by atoms with Gasteiger partial charge in [-0.15, -0.1) is 0 Å². The number of hydrogen-bond donors (Lipinski definition) is 0. The van der Waals surface area contributed by atoms with E-state index in [2.05, 4.69) is 16.2 Å². The summed E-state index contributed by atoms with van der Waals surface area (Å²) in [5, 5.41) is 14.0. The van der Waals surface area contributed by atoms with Crippen molar-refractivity contribution in [3.63, 3.8) is 0 Å². The molecule has 1 aromatic carbocycles. The van der Waals surface area contributed by atoms with Crippen LogP contribution in [0.15, 0.2) is 35.0 Å². The molecule has 0 saturated carbocycles. The summed E-state index contributed by atoms with van der Waals surface area (Å²) < 4.78 is 7.27. The Labute approximate surface area is 116 Å². The van der Waals surface area contributed by atoms with Crippen molar-refractivity contribution in [2.24, 2.45) is 0 Å². The molecule has 0 aliphatic carbocycles. The predicted octanol–water partition coefficient (Wildman–Crippen LogP) is 3.07. The Hall–Kier alpha value is -2.61. The van der Waals surface area contributed by atoms with E-state index in [-0.39, 0.29) is 5.92 Å². The summed E-state index contributed by atoms with van der Waals surface area (Å²) in [6.45, 7) is 4.57. The Morgan fingerprint density at radius 3 is 2.90 bits per heavy atom. The minimum Gasteiger partial charge on any atom is -0.338 e. The van der Waals surface area contributed by atoms with Gasteiger partial charge in [0.15, 0.2) is 5.82 Å². The first-order valence-electron chi connectivity index (χ1n) is 6.49. The molecule has 0 unspecified atom stereocenters. The summed E-state index contributed by atoms with van der Waals surface area (Å²) in [7, 11) is 0. The van der Waals surface area contributed by atoms with Gasteiger partial charge in [-0.2, -0.15) is 10.2 Å². The SMILES string of the molecule is CC(C)c1noc(Cn2ccc3c(C#N)cccc32)n1. The maximum absolute atomic E-state index is 9.10. The molecule has 5 heteroatoms. The van der Waals surface area contributed by atoms with Crippen LogP contribution >= 0.6 is 0 Å². The average Bonchev–Trinajstić information content (AvgIpc) is 3.06. The Kier molecular flexibility index (Phi) is 2.99. The first kappa shape index (κ1) is 12.4. The van der Waals surface area contributed by atoms with E-state index in [1.165, 1.54) is 0 Å². The van der Waals surface area contributed by atoms with Gasteiger partial charge in [-0.1, -0.05) is 25.1 Å². The van der Waals surface area contributed by atoms with Gasteiger partial charge >= 0.3 is 0 Å². The van der Waals surface area contributed by atoms with E-state index in [9.17, 15) is 0 Å². The van der Waals surface area contributed by atoms with Gasteiger partial charge in [0, 0.05) is 23.0 Å². The smallest absolute Gasteiger partial charge is 0.246 e. The molecule has 0 bridgehead atoms. The fourth-order valence-corrected chi connectivity index (χ4v) is 2.17. The number of nitriles is 1. The van der Waals surface area contributed by atoms with Crippen LogP contribution in [0, 0.1) is 11.3 Å². The summed E-state index contributed by atoms with van der Waals surface area (Å²) in [6, 6.07) is 9.82. The predicted molar refractivity (Wildman–Crippen MR) is 74.1 cm³/mol. The fraction of sp³-hybridized carbons (Fsp3) is 0.267. The van der Waals surface area contributed by atoms with E-state index in [0.717, 1.165) is 10.9 Å². The normalized spacial score (nSPS) is 11.1. The zero-order chi connectivity index (χ0) is 14.1. The van der Waals surface area contributed by atoms with E-state index < -0.39 is 0 Å². The molecule has 0 atom stereocenters. The number of aromatic nitrogens is 3. The maximum atomic E-state index is 9.10. The van der Waals surface area contributed by atoms with E-state index in [0.29, 0.717) is 23.8 Å². The van der Waals surface area contributed by atoms with Gasteiger partial charge in [-0.05, 0) is 18.2 Å². The van der Waals surface area contributed by atoms with E-state index in [4.69, 9.17) is 9.78 Å². The molecule has 0 aliphatic heterocycles. The van der Waals surface area contributed by atoms with Gasteiger partial charge in [-0.3, -0.25) is 0 Å². The molecule has 3 aromatic rings. The minimum absolute atomic E-state index is 0.249. The lowest BCUT2D eigenvalue weighted by atomic mass is 10.1. The zero-order valence-electron chi connectivity index (χ0n) is 11.4. The summed E-state index contributed by atoms with van der Waals surface area (Å²) in [4.78, 5) is 4.37. The van der Waals surface area contributed by atoms with E-state index in [1.54, 1.807) is 0 Å². The van der Waals surface area contributed by atoms with Gasteiger partial charge in [0.2, 0.25) is 5.89 Å². The minimum atomic E-state index is 0.249. The lowest BCUT2D eigenvalue weighted by Gasteiger charge is -2.01. The van der Waals surface area contributed by atoms with Gasteiger partial charge in [-0.25, -0.2) is 0 Å². The first-order valence-corrected chi connectivity index (χ1v) is 6.49. The van der Waals surface area contributed by atoms with Crippen molar-refractivity contribution >= 4 is 10.9 Å². The third kappa shape index (κ3) is 2.05. The van der Waals surface area contributed by atoms with Gasteiger partial charge in [0.05, 0.1) is 11.6 Å². The van der Waals surface area contributed by atoms with Gasteiger partial charge in [0.25, 0.3) is 0 Å². The van der Waals surface area contributed by atoms with Crippen molar-refractivity contribution < 1.29 is 4.52 Å². The highest BCUT2D eigenvalue weighted by atomic mass is 16.5. The molecule has 0 amide bonds. The molecule has 0 fully saturated rings. The molecule has 2 aromatic heterocycles. The molecule has 20 heavy (non-hydrogen) atoms. The molecule has 0 radical (unpaired) electrons. The molecule has 5 nitrogen and oxygen atoms in total. The highest BCUT2D eigenvalue weighted by Crippen LogP contribution is 2.20. The van der Waals surface area contributed by atoms with Crippen molar-refractivity contribution in [1.82, 2.24) is 14.7 Å². The fourth-order valence-electron chi connectivity index (χ4n) is 2.17. The highest BCUT2D eigenvalue weighted by Gasteiger charge is 2.11. The van der Waals surface area contributed by atoms with Crippen LogP contribution in [0.25, 0.3) is 10.9 Å². The first-order chi connectivity index (χ1) is 9.69. The molecule has 0 saturated heterocycles. The third-order valence-electron chi connectivity index (χ3n) is 3.24. The lowest BCUT2D eigenvalue weighted by Crippen LogP contribution is -1.99. The van der Waals surface area contributed by atoms with Crippen LogP contribution in [0.3, 0.4) is 0 Å². The Bertz CT molecular complexity index is 792. The monoisotopic (exact) mass is 266 g/mol. The standard InChI is InChI=1S/C15H14N4O/c1-10(2)15-17-14(20-18-15)9-19-7-6-12-11(8-16)4-3-5-13(12)19/h3-7,10H,9H2,1-2H3. The van der Waals surface area contributed by atoms with Crippen LogP contribution in [0.2, 0.25) is 0 Å². The molecule has 0 N–H and O–H groups in total. The van der Waals surface area contributed by atoms with Crippen molar-refractivity contribution in [2.75, 3.05) is 0 Å². The molecule has 100 valence electrons. The second kappa shape index (κ2) is 4.82. The molecule has 2 heterocycles. The van der Waals surface area contributed by atoms with Crippen LogP contribution < -0.4 is 0 Å². The maximum Gasteiger partial charge on any atom is 0.246 e. The quantitative estimate of drug-likeness (QED) is 0.730. The average molecular weight is 266 g/mol. The molecule has 0 spiro atoms. The van der Waals surface area contributed by atoms with Crippen LogP contribution in [0.1, 0.15) is 37.0 Å². The van der Waals surface area contributed by atoms with Crippen LogP contribution in [-0.2, 0) is 6.54 Å². The number of nitrogens with zero attached hydrogens (tertiary/aromatic N) is 4. The van der Waals surface area contributed by atoms with Crippen LogP contribution in [0.4, 0.5) is 0 Å². The summed E-state index contributed by atoms with van der Waals surface area (Å²) in [5.41, 5.74) is 1.67. The van der Waals surface area contributed by atoms with Crippen LogP contribution in [-0.4, -0.2) is 14.7 Å². The Morgan fingerprint density at radius 2 is 2.20 bits per heavy atom. The highest BCUT2D eigenvalue weighted by molar-refractivity contribution is 5.86. The lowest BCUT2D eigenvalue weighted by molar-refractivity contribution is 0.366. The molecule has 0 aliphatic rings. The second-order valence-corrected chi connectivity index (χ2v) is 4.99.